The quantitative estimate of drug-likeness (QED) is 0.871. The van der Waals surface area contributed by atoms with Crippen LogP contribution >= 0.6 is 0 Å². The van der Waals surface area contributed by atoms with Crippen LogP contribution in [-0.2, 0) is 16.1 Å². The minimum absolute atomic E-state index is 0.0314. The fraction of sp³-hybridized carbons (Fsp3) is 0.316. The predicted molar refractivity (Wildman–Crippen MR) is 88.2 cm³/mol. The summed E-state index contributed by atoms with van der Waals surface area (Å²) in [6.45, 7) is 2.28. The Kier molecular flexibility index (Phi) is 5.05. The Balaban J connectivity index is 1.81. The maximum absolute atomic E-state index is 12.9. The molecule has 4 nitrogen and oxygen atoms in total. The van der Waals surface area contributed by atoms with Gasteiger partial charge in [0.05, 0.1) is 25.9 Å². The van der Waals surface area contributed by atoms with Gasteiger partial charge < -0.3 is 14.4 Å². The molecule has 120 valence electrons. The number of carbonyl (C=O) groups is 1. The Morgan fingerprint density at radius 1 is 1.17 bits per heavy atom. The molecular weight excluding hydrogens is 290 g/mol. The SMILES string of the molecule is COCc1ccc(C(=O)N2CCOCC2c2ccccc2)cc1. The van der Waals surface area contributed by atoms with E-state index in [1.54, 1.807) is 7.11 Å². The molecule has 4 heteroatoms. The van der Waals surface area contributed by atoms with Crippen LogP contribution < -0.4 is 0 Å². The topological polar surface area (TPSA) is 38.8 Å². The molecule has 0 aliphatic carbocycles. The summed E-state index contributed by atoms with van der Waals surface area (Å²) in [5.74, 6) is 0.0473. The number of benzene rings is 2. The molecular formula is C19H21NO3. The third-order valence-corrected chi connectivity index (χ3v) is 4.09. The highest BCUT2D eigenvalue weighted by Crippen LogP contribution is 2.26. The molecule has 0 bridgehead atoms. The molecule has 3 rings (SSSR count). The van der Waals surface area contributed by atoms with Gasteiger partial charge in [0.15, 0.2) is 0 Å². The van der Waals surface area contributed by atoms with Gasteiger partial charge in [-0.2, -0.15) is 0 Å². The van der Waals surface area contributed by atoms with Gasteiger partial charge in [0.2, 0.25) is 0 Å². The van der Waals surface area contributed by atoms with E-state index in [9.17, 15) is 4.79 Å². The number of amides is 1. The molecule has 0 aromatic heterocycles. The Hall–Kier alpha value is -2.17. The van der Waals surface area contributed by atoms with Gasteiger partial charge in [0.1, 0.15) is 0 Å². The zero-order valence-corrected chi connectivity index (χ0v) is 13.3. The Morgan fingerprint density at radius 2 is 1.91 bits per heavy atom. The zero-order chi connectivity index (χ0) is 16.1. The summed E-state index contributed by atoms with van der Waals surface area (Å²) in [5.41, 5.74) is 2.87. The minimum atomic E-state index is -0.0314. The maximum Gasteiger partial charge on any atom is 0.254 e. The van der Waals surface area contributed by atoms with Crippen LogP contribution in [0.25, 0.3) is 0 Å². The van der Waals surface area contributed by atoms with Crippen LogP contribution in [0.1, 0.15) is 27.5 Å². The first-order valence-electron chi connectivity index (χ1n) is 7.81. The van der Waals surface area contributed by atoms with E-state index < -0.39 is 0 Å². The van der Waals surface area contributed by atoms with Gasteiger partial charge in [-0.3, -0.25) is 4.79 Å². The van der Waals surface area contributed by atoms with Crippen LogP contribution in [0.3, 0.4) is 0 Å². The smallest absolute Gasteiger partial charge is 0.254 e. The lowest BCUT2D eigenvalue weighted by molar-refractivity contribution is -0.00269. The first-order chi connectivity index (χ1) is 11.3. The van der Waals surface area contributed by atoms with Crippen molar-refractivity contribution in [2.24, 2.45) is 0 Å². The third-order valence-electron chi connectivity index (χ3n) is 4.09. The lowest BCUT2D eigenvalue weighted by Gasteiger charge is -2.36. The molecule has 2 aromatic rings. The molecule has 0 N–H and O–H groups in total. The summed E-state index contributed by atoms with van der Waals surface area (Å²) in [5, 5.41) is 0. The van der Waals surface area contributed by atoms with Crippen molar-refractivity contribution in [1.82, 2.24) is 4.90 Å². The zero-order valence-electron chi connectivity index (χ0n) is 13.3. The highest BCUT2D eigenvalue weighted by atomic mass is 16.5. The van der Waals surface area contributed by atoms with Crippen LogP contribution in [0, 0.1) is 0 Å². The molecule has 0 saturated carbocycles. The molecule has 1 aliphatic rings. The molecule has 1 heterocycles. The van der Waals surface area contributed by atoms with Crippen LogP contribution in [0.5, 0.6) is 0 Å². The molecule has 1 amide bonds. The second kappa shape index (κ2) is 7.40. The summed E-state index contributed by atoms with van der Waals surface area (Å²) in [6.07, 6.45) is 0. The molecule has 1 saturated heterocycles. The molecule has 0 spiro atoms. The maximum atomic E-state index is 12.9. The van der Waals surface area contributed by atoms with Crippen molar-refractivity contribution in [2.45, 2.75) is 12.6 Å². The van der Waals surface area contributed by atoms with E-state index in [0.717, 1.165) is 11.1 Å². The second-order valence-corrected chi connectivity index (χ2v) is 5.63. The standard InChI is InChI=1S/C19H21NO3/c1-22-13-15-7-9-17(10-8-15)19(21)20-11-12-23-14-18(20)16-5-3-2-4-6-16/h2-10,18H,11-14H2,1H3. The lowest BCUT2D eigenvalue weighted by Crippen LogP contribution is -2.43. The molecule has 0 radical (unpaired) electrons. The van der Waals surface area contributed by atoms with Crippen molar-refractivity contribution in [3.8, 4) is 0 Å². The fourth-order valence-electron chi connectivity index (χ4n) is 2.87. The lowest BCUT2D eigenvalue weighted by atomic mass is 10.0. The molecule has 1 unspecified atom stereocenters. The van der Waals surface area contributed by atoms with Crippen molar-refractivity contribution in [3.05, 3.63) is 71.3 Å². The van der Waals surface area contributed by atoms with Crippen molar-refractivity contribution in [2.75, 3.05) is 26.9 Å². The van der Waals surface area contributed by atoms with E-state index in [2.05, 4.69) is 0 Å². The number of morpholine rings is 1. The van der Waals surface area contributed by atoms with Crippen LogP contribution in [0.15, 0.2) is 54.6 Å². The van der Waals surface area contributed by atoms with Gasteiger partial charge in [-0.25, -0.2) is 0 Å². The first kappa shape index (κ1) is 15.7. The fourth-order valence-corrected chi connectivity index (χ4v) is 2.87. The van der Waals surface area contributed by atoms with Crippen molar-refractivity contribution >= 4 is 5.91 Å². The number of nitrogens with zero attached hydrogens (tertiary/aromatic N) is 1. The highest BCUT2D eigenvalue weighted by molar-refractivity contribution is 5.94. The van der Waals surface area contributed by atoms with Gasteiger partial charge in [-0.1, -0.05) is 42.5 Å². The number of ether oxygens (including phenoxy) is 2. The van der Waals surface area contributed by atoms with E-state index in [1.165, 1.54) is 0 Å². The monoisotopic (exact) mass is 311 g/mol. The summed E-state index contributed by atoms with van der Waals surface area (Å²) >= 11 is 0. The summed E-state index contributed by atoms with van der Waals surface area (Å²) in [7, 11) is 1.66. The van der Waals surface area contributed by atoms with E-state index in [1.807, 2.05) is 59.5 Å². The Labute approximate surface area is 136 Å². The summed E-state index contributed by atoms with van der Waals surface area (Å²) in [6, 6.07) is 17.6. The van der Waals surface area contributed by atoms with Gasteiger partial charge >= 0.3 is 0 Å². The average Bonchev–Trinajstić information content (AvgIpc) is 2.63. The third kappa shape index (κ3) is 3.60. The molecule has 1 fully saturated rings. The van der Waals surface area contributed by atoms with Crippen molar-refractivity contribution in [3.63, 3.8) is 0 Å². The van der Waals surface area contributed by atoms with Crippen molar-refractivity contribution < 1.29 is 14.3 Å². The minimum Gasteiger partial charge on any atom is -0.380 e. The Bertz CT molecular complexity index is 639. The van der Waals surface area contributed by atoms with Gasteiger partial charge in [0, 0.05) is 19.2 Å². The van der Waals surface area contributed by atoms with Crippen molar-refractivity contribution in [1.29, 1.82) is 0 Å². The molecule has 1 atom stereocenters. The van der Waals surface area contributed by atoms with E-state index in [4.69, 9.17) is 9.47 Å². The summed E-state index contributed by atoms with van der Waals surface area (Å²) in [4.78, 5) is 14.8. The Morgan fingerprint density at radius 3 is 2.61 bits per heavy atom. The average molecular weight is 311 g/mol. The van der Waals surface area contributed by atoms with E-state index in [0.29, 0.717) is 31.9 Å². The van der Waals surface area contributed by atoms with Gasteiger partial charge in [-0.05, 0) is 23.3 Å². The number of carbonyl (C=O) groups excluding carboxylic acids is 1. The van der Waals surface area contributed by atoms with Crippen LogP contribution in [-0.4, -0.2) is 37.7 Å². The molecule has 2 aromatic carbocycles. The van der Waals surface area contributed by atoms with Gasteiger partial charge in [-0.15, -0.1) is 0 Å². The van der Waals surface area contributed by atoms with Crippen LogP contribution in [0.2, 0.25) is 0 Å². The number of hydrogen-bond acceptors (Lipinski definition) is 3. The number of rotatable bonds is 4. The largest absolute Gasteiger partial charge is 0.380 e. The normalized spacial score (nSPS) is 18.0. The summed E-state index contributed by atoms with van der Waals surface area (Å²) < 4.78 is 10.7. The van der Waals surface area contributed by atoms with Gasteiger partial charge in [0.25, 0.3) is 5.91 Å². The second-order valence-electron chi connectivity index (χ2n) is 5.63. The van der Waals surface area contributed by atoms with E-state index >= 15 is 0 Å². The first-order valence-corrected chi connectivity index (χ1v) is 7.81. The highest BCUT2D eigenvalue weighted by Gasteiger charge is 2.29. The molecule has 23 heavy (non-hydrogen) atoms. The number of hydrogen-bond donors (Lipinski definition) is 0. The predicted octanol–water partition coefficient (Wildman–Crippen LogP) is 3.05. The van der Waals surface area contributed by atoms with E-state index in [-0.39, 0.29) is 11.9 Å². The number of methoxy groups -OCH3 is 1. The van der Waals surface area contributed by atoms with Crippen LogP contribution in [0.4, 0.5) is 0 Å². The molecule has 1 aliphatic heterocycles.